The molecule has 0 amide bonds. The average molecular weight is 207 g/mol. The zero-order valence-corrected chi connectivity index (χ0v) is 8.61. The fourth-order valence-electron chi connectivity index (χ4n) is 0.896. The molecular formula is C9H13N5O. The van der Waals surface area contributed by atoms with Gasteiger partial charge in [0, 0.05) is 7.05 Å². The van der Waals surface area contributed by atoms with Crippen molar-refractivity contribution in [3.8, 4) is 0 Å². The van der Waals surface area contributed by atoms with Crippen molar-refractivity contribution < 1.29 is 0 Å². The first-order valence-corrected chi connectivity index (χ1v) is 4.37. The summed E-state index contributed by atoms with van der Waals surface area (Å²) in [6.07, 6.45) is 1.25. The van der Waals surface area contributed by atoms with Crippen LogP contribution in [0.5, 0.6) is 0 Å². The minimum Gasteiger partial charge on any atom is -0.387 e. The SMILES string of the molecule is CNc1ccc(N=CN=C(C)N)c(=O)[nH]1. The smallest absolute Gasteiger partial charge is 0.275 e. The van der Waals surface area contributed by atoms with Crippen LogP contribution in [0.15, 0.2) is 26.9 Å². The molecule has 0 aliphatic carbocycles. The largest absolute Gasteiger partial charge is 0.387 e. The summed E-state index contributed by atoms with van der Waals surface area (Å²) < 4.78 is 0. The molecule has 0 saturated carbocycles. The van der Waals surface area contributed by atoms with E-state index in [0.29, 0.717) is 17.3 Å². The third-order valence-corrected chi connectivity index (χ3v) is 1.62. The van der Waals surface area contributed by atoms with Gasteiger partial charge in [-0.1, -0.05) is 0 Å². The van der Waals surface area contributed by atoms with Crippen LogP contribution < -0.4 is 16.6 Å². The molecule has 15 heavy (non-hydrogen) atoms. The Morgan fingerprint density at radius 1 is 1.60 bits per heavy atom. The minimum absolute atomic E-state index is 0.275. The average Bonchev–Trinajstić information content (AvgIpc) is 2.20. The van der Waals surface area contributed by atoms with E-state index in [1.807, 2.05) is 0 Å². The van der Waals surface area contributed by atoms with Gasteiger partial charge in [-0.15, -0.1) is 0 Å². The van der Waals surface area contributed by atoms with Crippen molar-refractivity contribution in [1.29, 1.82) is 0 Å². The number of nitrogens with two attached hydrogens (primary N) is 1. The first-order chi connectivity index (χ1) is 7.13. The Kier molecular flexibility index (Phi) is 3.61. The first kappa shape index (κ1) is 11.0. The van der Waals surface area contributed by atoms with Gasteiger partial charge in [0.05, 0.1) is 5.84 Å². The number of rotatable bonds is 3. The molecule has 0 spiro atoms. The summed E-state index contributed by atoms with van der Waals surface area (Å²) in [7, 11) is 1.72. The lowest BCUT2D eigenvalue weighted by Gasteiger charge is -1.98. The van der Waals surface area contributed by atoms with Gasteiger partial charge < -0.3 is 16.0 Å². The van der Waals surface area contributed by atoms with Crippen molar-refractivity contribution in [3.05, 3.63) is 22.5 Å². The van der Waals surface area contributed by atoms with Crippen molar-refractivity contribution in [2.75, 3.05) is 12.4 Å². The number of anilines is 1. The number of aromatic nitrogens is 1. The maximum atomic E-state index is 11.4. The van der Waals surface area contributed by atoms with Crippen molar-refractivity contribution in [2.24, 2.45) is 15.7 Å². The third-order valence-electron chi connectivity index (χ3n) is 1.62. The van der Waals surface area contributed by atoms with Crippen molar-refractivity contribution in [2.45, 2.75) is 6.92 Å². The molecule has 0 saturated heterocycles. The van der Waals surface area contributed by atoms with Crippen LogP contribution in [-0.2, 0) is 0 Å². The van der Waals surface area contributed by atoms with E-state index < -0.39 is 0 Å². The Morgan fingerprint density at radius 3 is 2.87 bits per heavy atom. The lowest BCUT2D eigenvalue weighted by molar-refractivity contribution is 1.20. The predicted octanol–water partition coefficient (Wildman–Crippen LogP) is 0.453. The normalized spacial score (nSPS) is 12.0. The fraction of sp³-hybridized carbons (Fsp3) is 0.222. The highest BCUT2D eigenvalue weighted by Gasteiger charge is 1.96. The molecule has 0 aliphatic rings. The van der Waals surface area contributed by atoms with Crippen LogP contribution in [0.4, 0.5) is 11.5 Å². The molecule has 0 aliphatic heterocycles. The highest BCUT2D eigenvalue weighted by molar-refractivity contribution is 5.85. The van der Waals surface area contributed by atoms with Crippen LogP contribution in [0.25, 0.3) is 0 Å². The lowest BCUT2D eigenvalue weighted by atomic mass is 10.4. The topological polar surface area (TPSA) is 95.6 Å². The number of aromatic amines is 1. The van der Waals surface area contributed by atoms with Gasteiger partial charge in [-0.05, 0) is 19.1 Å². The van der Waals surface area contributed by atoms with Crippen molar-refractivity contribution >= 4 is 23.7 Å². The van der Waals surface area contributed by atoms with Gasteiger partial charge in [0.2, 0.25) is 0 Å². The van der Waals surface area contributed by atoms with Gasteiger partial charge in [-0.25, -0.2) is 9.98 Å². The summed E-state index contributed by atoms with van der Waals surface area (Å²) in [6.45, 7) is 1.64. The predicted molar refractivity (Wildman–Crippen MR) is 62.1 cm³/mol. The van der Waals surface area contributed by atoms with Crippen molar-refractivity contribution in [1.82, 2.24) is 4.98 Å². The molecule has 1 rings (SSSR count). The molecule has 0 fully saturated rings. The van der Waals surface area contributed by atoms with E-state index in [1.165, 1.54) is 6.34 Å². The second-order valence-corrected chi connectivity index (χ2v) is 2.85. The minimum atomic E-state index is -0.275. The second-order valence-electron chi connectivity index (χ2n) is 2.85. The third kappa shape index (κ3) is 3.26. The van der Waals surface area contributed by atoms with Crippen LogP contribution >= 0.6 is 0 Å². The maximum Gasteiger partial charge on any atom is 0.275 e. The van der Waals surface area contributed by atoms with Gasteiger partial charge in [-0.2, -0.15) is 0 Å². The second kappa shape index (κ2) is 4.94. The standard InChI is InChI=1S/C9H13N5O/c1-6(10)12-5-13-7-3-4-8(11-2)14-9(7)15/h3-5H,1-2H3,(H2,10,12,13)(H2,11,14,15). The van der Waals surface area contributed by atoms with Gasteiger partial charge in [0.15, 0.2) is 0 Å². The molecule has 1 aromatic rings. The van der Waals surface area contributed by atoms with Gasteiger partial charge in [0.25, 0.3) is 5.56 Å². The first-order valence-electron chi connectivity index (χ1n) is 4.37. The summed E-state index contributed by atoms with van der Waals surface area (Å²) in [6, 6.07) is 3.32. The highest BCUT2D eigenvalue weighted by atomic mass is 16.1. The monoisotopic (exact) mass is 207 g/mol. The Morgan fingerprint density at radius 2 is 2.33 bits per heavy atom. The summed E-state index contributed by atoms with van der Waals surface area (Å²) in [4.78, 5) is 21.6. The van der Waals surface area contributed by atoms with Gasteiger partial charge in [0.1, 0.15) is 17.8 Å². The number of nitrogens with zero attached hydrogens (tertiary/aromatic N) is 2. The molecule has 0 atom stereocenters. The van der Waals surface area contributed by atoms with E-state index in [-0.39, 0.29) is 5.56 Å². The molecule has 0 aromatic carbocycles. The molecule has 4 N–H and O–H groups in total. The Balaban J connectivity index is 2.93. The van der Waals surface area contributed by atoms with E-state index in [0.717, 1.165) is 0 Å². The Hall–Kier alpha value is -2.11. The van der Waals surface area contributed by atoms with E-state index in [2.05, 4.69) is 20.3 Å². The van der Waals surface area contributed by atoms with Crippen LogP contribution in [0.1, 0.15) is 6.92 Å². The number of pyridine rings is 1. The fourth-order valence-corrected chi connectivity index (χ4v) is 0.896. The summed E-state index contributed by atoms with van der Waals surface area (Å²) in [5, 5.41) is 2.81. The zero-order chi connectivity index (χ0) is 11.3. The lowest BCUT2D eigenvalue weighted by Crippen LogP contribution is -2.08. The molecule has 0 radical (unpaired) electrons. The molecule has 6 heteroatoms. The van der Waals surface area contributed by atoms with Crippen LogP contribution in [0.3, 0.4) is 0 Å². The molecule has 0 bridgehead atoms. The van der Waals surface area contributed by atoms with E-state index >= 15 is 0 Å². The van der Waals surface area contributed by atoms with Crippen LogP contribution in [0, 0.1) is 0 Å². The highest BCUT2D eigenvalue weighted by Crippen LogP contribution is 2.05. The Bertz CT molecular complexity index is 442. The van der Waals surface area contributed by atoms with E-state index in [1.54, 1.807) is 26.1 Å². The van der Waals surface area contributed by atoms with E-state index in [4.69, 9.17) is 5.73 Å². The number of H-pyrrole nitrogens is 1. The maximum absolute atomic E-state index is 11.4. The van der Waals surface area contributed by atoms with Crippen LogP contribution in [0.2, 0.25) is 0 Å². The number of amidine groups is 1. The van der Waals surface area contributed by atoms with Gasteiger partial charge in [-0.3, -0.25) is 4.79 Å². The van der Waals surface area contributed by atoms with Gasteiger partial charge >= 0.3 is 0 Å². The van der Waals surface area contributed by atoms with Crippen LogP contribution in [-0.4, -0.2) is 24.2 Å². The summed E-state index contributed by atoms with van der Waals surface area (Å²) in [5.74, 6) is 1.03. The quantitative estimate of drug-likeness (QED) is 0.496. The molecule has 6 nitrogen and oxygen atoms in total. The summed E-state index contributed by atoms with van der Waals surface area (Å²) in [5.41, 5.74) is 5.32. The molecular weight excluding hydrogens is 194 g/mol. The number of hydrogen-bond donors (Lipinski definition) is 3. The molecule has 1 heterocycles. The van der Waals surface area contributed by atoms with Crippen molar-refractivity contribution in [3.63, 3.8) is 0 Å². The molecule has 0 unspecified atom stereocenters. The summed E-state index contributed by atoms with van der Waals surface area (Å²) >= 11 is 0. The molecule has 1 aromatic heterocycles. The number of hydrogen-bond acceptors (Lipinski definition) is 3. The number of aliphatic imine (C=N–C) groups is 2. The van der Waals surface area contributed by atoms with E-state index in [9.17, 15) is 4.79 Å². The zero-order valence-electron chi connectivity index (χ0n) is 8.61. The Labute approximate surface area is 87.0 Å². The molecule has 80 valence electrons. The number of nitrogens with one attached hydrogen (secondary N) is 2.